The maximum absolute atomic E-state index is 13.0. The summed E-state index contributed by atoms with van der Waals surface area (Å²) in [6, 6.07) is 9.01. The Labute approximate surface area is 204 Å². The first-order valence-electron chi connectivity index (χ1n) is 11.7. The molecule has 3 N–H and O–H groups in total. The molecule has 10 heteroatoms. The normalized spacial score (nSPS) is 17.4. The molecule has 0 radical (unpaired) electrons. The first-order valence-corrected chi connectivity index (χ1v) is 11.7. The zero-order chi connectivity index (χ0) is 25.2. The van der Waals surface area contributed by atoms with Gasteiger partial charge in [-0.25, -0.2) is 14.8 Å². The number of benzene rings is 1. The van der Waals surface area contributed by atoms with Gasteiger partial charge >= 0.3 is 6.09 Å². The molecule has 3 rings (SSSR count). The largest absolute Gasteiger partial charge is 0.445 e. The fraction of sp³-hybridized carbons (Fsp3) is 0.440. The maximum atomic E-state index is 13.0. The Bertz CT molecular complexity index is 1040. The second kappa shape index (κ2) is 12.6. The van der Waals surface area contributed by atoms with Crippen LogP contribution in [-0.2, 0) is 38.6 Å². The van der Waals surface area contributed by atoms with E-state index in [2.05, 4.69) is 25.9 Å². The third-order valence-electron chi connectivity index (χ3n) is 5.62. The molecule has 1 aromatic carbocycles. The van der Waals surface area contributed by atoms with Crippen molar-refractivity contribution in [2.24, 2.45) is 5.92 Å². The van der Waals surface area contributed by atoms with Crippen molar-refractivity contribution in [1.29, 1.82) is 0 Å². The molecule has 2 unspecified atom stereocenters. The lowest BCUT2D eigenvalue weighted by molar-refractivity contribution is -0.140. The number of carbonyl (C=O) groups is 4. The summed E-state index contributed by atoms with van der Waals surface area (Å²) in [7, 11) is 0. The minimum atomic E-state index is -1.02. The zero-order valence-electron chi connectivity index (χ0n) is 20.0. The molecular formula is C25H31N5O5. The molecule has 3 amide bonds. The second-order valence-electron chi connectivity index (χ2n) is 8.72. The molecule has 0 aliphatic carbocycles. The minimum Gasteiger partial charge on any atom is -0.445 e. The highest BCUT2D eigenvalue weighted by molar-refractivity contribution is 6.38. The van der Waals surface area contributed by atoms with Gasteiger partial charge in [-0.2, -0.15) is 0 Å². The molecule has 2 aromatic rings. The summed E-state index contributed by atoms with van der Waals surface area (Å²) in [5, 5.41) is 7.81. The van der Waals surface area contributed by atoms with Crippen LogP contribution >= 0.6 is 0 Å². The van der Waals surface area contributed by atoms with Crippen LogP contribution in [0.2, 0.25) is 0 Å². The van der Waals surface area contributed by atoms with Gasteiger partial charge in [0.2, 0.25) is 11.7 Å². The summed E-state index contributed by atoms with van der Waals surface area (Å²) < 4.78 is 5.23. The van der Waals surface area contributed by atoms with Gasteiger partial charge in [-0.3, -0.25) is 14.4 Å². The molecule has 2 atom stereocenters. The van der Waals surface area contributed by atoms with Crippen molar-refractivity contribution in [2.45, 2.75) is 58.2 Å². The van der Waals surface area contributed by atoms with Crippen LogP contribution in [-0.4, -0.2) is 52.3 Å². The Hall–Kier alpha value is -3.82. The van der Waals surface area contributed by atoms with Crippen LogP contribution < -0.4 is 16.0 Å². The highest BCUT2D eigenvalue weighted by atomic mass is 16.5. The van der Waals surface area contributed by atoms with Crippen molar-refractivity contribution < 1.29 is 23.9 Å². The summed E-state index contributed by atoms with van der Waals surface area (Å²) in [5.41, 5.74) is 1.65. The van der Waals surface area contributed by atoms with Crippen LogP contribution in [0.15, 0.2) is 42.6 Å². The number of fused-ring (bicyclic) bond motifs is 2. The number of amides is 3. The van der Waals surface area contributed by atoms with Gasteiger partial charge < -0.3 is 20.7 Å². The first-order chi connectivity index (χ1) is 16.8. The molecule has 1 aromatic heterocycles. The van der Waals surface area contributed by atoms with Gasteiger partial charge in [-0.1, -0.05) is 44.2 Å². The summed E-state index contributed by atoms with van der Waals surface area (Å²) >= 11 is 0. The van der Waals surface area contributed by atoms with Crippen molar-refractivity contribution >= 4 is 23.7 Å². The third kappa shape index (κ3) is 7.87. The Balaban J connectivity index is 1.63. The van der Waals surface area contributed by atoms with E-state index < -0.39 is 35.8 Å². The van der Waals surface area contributed by atoms with Crippen LogP contribution in [0.1, 0.15) is 43.8 Å². The SMILES string of the molecule is CC(C)C(NC(=O)OCc1ccccc1)C(=O)NC1CCCc2ccnc(n2)CCNC(=O)C1=O. The van der Waals surface area contributed by atoms with Gasteiger partial charge in [0.1, 0.15) is 18.5 Å². The number of hydrogen-bond acceptors (Lipinski definition) is 7. The molecule has 0 fully saturated rings. The number of aryl methyl sites for hydroxylation is 1. The van der Waals surface area contributed by atoms with E-state index in [1.54, 1.807) is 20.0 Å². The highest BCUT2D eigenvalue weighted by Crippen LogP contribution is 2.10. The Morgan fingerprint density at radius 2 is 1.91 bits per heavy atom. The molecule has 1 aliphatic heterocycles. The van der Waals surface area contributed by atoms with Gasteiger partial charge in [0.15, 0.2) is 0 Å². The van der Waals surface area contributed by atoms with Crippen LogP contribution in [0.4, 0.5) is 4.79 Å². The number of alkyl carbamates (subject to hydrolysis) is 1. The number of nitrogens with one attached hydrogen (secondary N) is 3. The Morgan fingerprint density at radius 1 is 1.14 bits per heavy atom. The van der Waals surface area contributed by atoms with E-state index in [0.717, 1.165) is 11.3 Å². The number of aromatic nitrogens is 2. The monoisotopic (exact) mass is 481 g/mol. The van der Waals surface area contributed by atoms with Crippen molar-refractivity contribution in [2.75, 3.05) is 6.54 Å². The number of nitrogens with zero attached hydrogens (tertiary/aromatic N) is 2. The lowest BCUT2D eigenvalue weighted by atomic mass is 10.00. The van der Waals surface area contributed by atoms with Crippen LogP contribution in [0, 0.1) is 5.92 Å². The second-order valence-corrected chi connectivity index (χ2v) is 8.72. The predicted molar refractivity (Wildman–Crippen MR) is 127 cm³/mol. The van der Waals surface area contributed by atoms with Gasteiger partial charge in [-0.05, 0) is 36.8 Å². The van der Waals surface area contributed by atoms with Crippen molar-refractivity contribution in [3.63, 3.8) is 0 Å². The Morgan fingerprint density at radius 3 is 2.66 bits per heavy atom. The molecule has 0 saturated carbocycles. The van der Waals surface area contributed by atoms with Gasteiger partial charge in [0.25, 0.3) is 5.91 Å². The summed E-state index contributed by atoms with van der Waals surface area (Å²) in [5.74, 6) is -1.74. The number of carbonyl (C=O) groups excluding carboxylic acids is 4. The molecule has 2 bridgehead atoms. The molecular weight excluding hydrogens is 450 g/mol. The average molecular weight is 482 g/mol. The van der Waals surface area contributed by atoms with Gasteiger partial charge in [0, 0.05) is 24.9 Å². The standard InChI is InChI=1S/C25H31N5O5/c1-16(2)21(30-25(34)35-15-17-7-4-3-5-8-17)23(32)29-19-10-6-9-18-11-13-26-20(28-18)12-14-27-24(33)22(19)31/h3-5,7-8,11,13,16,19,21H,6,9-10,12,14-15H2,1-2H3,(H,27,33)(H,29,32)(H,30,34). The van der Waals surface area contributed by atoms with E-state index in [1.165, 1.54) is 0 Å². The number of rotatable bonds is 6. The van der Waals surface area contributed by atoms with Crippen LogP contribution in [0.3, 0.4) is 0 Å². The van der Waals surface area contributed by atoms with E-state index in [4.69, 9.17) is 4.74 Å². The van der Waals surface area contributed by atoms with E-state index in [9.17, 15) is 19.2 Å². The van der Waals surface area contributed by atoms with E-state index in [0.29, 0.717) is 25.1 Å². The fourth-order valence-electron chi connectivity index (χ4n) is 3.68. The molecule has 0 spiro atoms. The van der Waals surface area contributed by atoms with Gasteiger partial charge in [0.05, 0.1) is 6.04 Å². The highest BCUT2D eigenvalue weighted by Gasteiger charge is 2.31. The number of ketones is 1. The molecule has 1 aliphatic rings. The van der Waals surface area contributed by atoms with E-state index in [-0.39, 0.29) is 25.5 Å². The maximum Gasteiger partial charge on any atom is 0.408 e. The van der Waals surface area contributed by atoms with Crippen molar-refractivity contribution in [3.05, 3.63) is 59.7 Å². The topological polar surface area (TPSA) is 139 Å². The number of Topliss-reactive ketones (excluding diaryl/α,β-unsaturated/α-hetero) is 1. The molecule has 186 valence electrons. The van der Waals surface area contributed by atoms with Crippen LogP contribution in [0.5, 0.6) is 0 Å². The fourth-order valence-corrected chi connectivity index (χ4v) is 3.68. The quantitative estimate of drug-likeness (QED) is 0.531. The average Bonchev–Trinajstić information content (AvgIpc) is 2.85. The zero-order valence-corrected chi connectivity index (χ0v) is 20.0. The van der Waals surface area contributed by atoms with Crippen molar-refractivity contribution in [3.8, 4) is 0 Å². The predicted octanol–water partition coefficient (Wildman–Crippen LogP) is 1.48. The molecule has 35 heavy (non-hydrogen) atoms. The first kappa shape index (κ1) is 25.8. The smallest absolute Gasteiger partial charge is 0.408 e. The Kier molecular flexibility index (Phi) is 9.28. The number of ether oxygens (including phenoxy) is 1. The lowest BCUT2D eigenvalue weighted by Gasteiger charge is -2.25. The summed E-state index contributed by atoms with van der Waals surface area (Å²) in [4.78, 5) is 59.2. The van der Waals surface area contributed by atoms with Crippen LogP contribution in [0.25, 0.3) is 0 Å². The summed E-state index contributed by atoms with van der Waals surface area (Å²) in [6.07, 6.45) is 2.68. The lowest BCUT2D eigenvalue weighted by Crippen LogP contribution is -2.55. The molecule has 0 saturated heterocycles. The van der Waals surface area contributed by atoms with Gasteiger partial charge in [-0.15, -0.1) is 0 Å². The third-order valence-corrected chi connectivity index (χ3v) is 5.62. The molecule has 10 nitrogen and oxygen atoms in total. The molecule has 2 heterocycles. The number of hydrogen-bond donors (Lipinski definition) is 3. The summed E-state index contributed by atoms with van der Waals surface area (Å²) in [6.45, 7) is 3.80. The van der Waals surface area contributed by atoms with Crippen molar-refractivity contribution in [1.82, 2.24) is 25.9 Å². The van der Waals surface area contributed by atoms with E-state index in [1.807, 2.05) is 36.4 Å². The van der Waals surface area contributed by atoms with E-state index >= 15 is 0 Å². The minimum absolute atomic E-state index is 0.0607.